The van der Waals surface area contributed by atoms with Crippen molar-refractivity contribution < 1.29 is 0 Å². The second-order valence-electron chi connectivity index (χ2n) is 13.7. The Morgan fingerprint density at radius 3 is 1.29 bits per heavy atom. The number of fused-ring (bicyclic) bond motifs is 3. The molecule has 0 aliphatic rings. The van der Waals surface area contributed by atoms with Crippen LogP contribution < -0.4 is 0 Å². The summed E-state index contributed by atoms with van der Waals surface area (Å²) in [6.07, 6.45) is 0. The van der Waals surface area contributed by atoms with Crippen LogP contribution in [0.1, 0.15) is 0 Å². The van der Waals surface area contributed by atoms with Gasteiger partial charge in [-0.3, -0.25) is 0 Å². The van der Waals surface area contributed by atoms with E-state index in [0.717, 1.165) is 55.6 Å². The Morgan fingerprint density at radius 1 is 0.236 bits per heavy atom. The van der Waals surface area contributed by atoms with Crippen LogP contribution in [0.2, 0.25) is 0 Å². The lowest BCUT2D eigenvalue weighted by molar-refractivity contribution is 1.07. The molecule has 8 aromatic carbocycles. The van der Waals surface area contributed by atoms with Gasteiger partial charge >= 0.3 is 0 Å². The van der Waals surface area contributed by atoms with Gasteiger partial charge in [-0.1, -0.05) is 164 Å². The van der Waals surface area contributed by atoms with E-state index in [1.165, 1.54) is 25.7 Å². The molecule has 0 aliphatic carbocycles. The van der Waals surface area contributed by atoms with Crippen LogP contribution in [-0.2, 0) is 0 Å². The smallest absolute Gasteiger partial charge is 0.164 e. The first kappa shape index (κ1) is 32.6. The zero-order valence-corrected chi connectivity index (χ0v) is 30.6. The van der Waals surface area contributed by atoms with Crippen LogP contribution in [0.5, 0.6) is 0 Å². The van der Waals surface area contributed by atoms with Gasteiger partial charge < -0.3 is 0 Å². The highest BCUT2D eigenvalue weighted by molar-refractivity contribution is 7.25. The predicted molar refractivity (Wildman–Crippen MR) is 231 cm³/mol. The fourth-order valence-electron chi connectivity index (χ4n) is 7.30. The Balaban J connectivity index is 1.11. The summed E-state index contributed by atoms with van der Waals surface area (Å²) in [5.74, 6) is 1.88. The van der Waals surface area contributed by atoms with Crippen LogP contribution in [0.3, 0.4) is 0 Å². The van der Waals surface area contributed by atoms with E-state index in [0.29, 0.717) is 17.5 Å². The molecule has 2 aromatic heterocycles. The van der Waals surface area contributed by atoms with Crippen LogP contribution >= 0.6 is 11.3 Å². The first-order valence-corrected chi connectivity index (χ1v) is 19.2. The number of rotatable bonds is 7. The largest absolute Gasteiger partial charge is 0.208 e. The van der Waals surface area contributed by atoms with Crippen LogP contribution in [-0.4, -0.2) is 15.0 Å². The van der Waals surface area contributed by atoms with Gasteiger partial charge in [-0.2, -0.15) is 0 Å². The molecule has 0 unspecified atom stereocenters. The quantitative estimate of drug-likeness (QED) is 0.165. The standard InChI is InChI=1S/C51H33N3S/c1-4-13-34(14-5-1)39-19-12-20-41(29-39)50-52-49(38-25-23-37(24-26-38)40-27-28-46-45-21-10-11-22-47(45)55-48(46)33-40)53-51(54-50)44-31-42(35-15-6-2-7-16-35)30-43(32-44)36-17-8-3-9-18-36/h1-33H. The second-order valence-corrected chi connectivity index (χ2v) is 14.8. The minimum atomic E-state index is 0.624. The molecule has 10 rings (SSSR count). The number of hydrogen-bond donors (Lipinski definition) is 0. The van der Waals surface area contributed by atoms with Crippen molar-refractivity contribution in [3.63, 3.8) is 0 Å². The second kappa shape index (κ2) is 14.1. The Kier molecular flexibility index (Phi) is 8.36. The molecular formula is C51H33N3S. The molecule has 0 radical (unpaired) electrons. The number of aromatic nitrogens is 3. The zero-order valence-electron chi connectivity index (χ0n) is 29.8. The molecule has 0 atom stereocenters. The number of nitrogens with zero attached hydrogens (tertiary/aromatic N) is 3. The fraction of sp³-hybridized carbons (Fsp3) is 0. The van der Waals surface area contributed by atoms with E-state index in [2.05, 4.69) is 182 Å². The molecule has 0 saturated carbocycles. The molecule has 3 nitrogen and oxygen atoms in total. The molecule has 0 amide bonds. The molecule has 0 aliphatic heterocycles. The third-order valence-corrected chi connectivity index (χ3v) is 11.3. The van der Waals surface area contributed by atoms with Gasteiger partial charge in [-0.05, 0) is 80.9 Å². The van der Waals surface area contributed by atoms with Gasteiger partial charge in [0.15, 0.2) is 17.5 Å². The zero-order chi connectivity index (χ0) is 36.6. The monoisotopic (exact) mass is 719 g/mol. The Labute approximate surface area is 323 Å². The number of hydrogen-bond acceptors (Lipinski definition) is 4. The lowest BCUT2D eigenvalue weighted by atomic mass is 9.96. The van der Waals surface area contributed by atoms with E-state index in [4.69, 9.17) is 15.0 Å². The van der Waals surface area contributed by atoms with Gasteiger partial charge in [0.05, 0.1) is 0 Å². The first-order valence-electron chi connectivity index (χ1n) is 18.4. The summed E-state index contributed by atoms with van der Waals surface area (Å²) in [4.78, 5) is 15.5. The minimum Gasteiger partial charge on any atom is -0.208 e. The van der Waals surface area contributed by atoms with Gasteiger partial charge in [0.1, 0.15) is 0 Å². The van der Waals surface area contributed by atoms with E-state index >= 15 is 0 Å². The van der Waals surface area contributed by atoms with Crippen molar-refractivity contribution in [1.82, 2.24) is 15.0 Å². The highest BCUT2D eigenvalue weighted by atomic mass is 32.1. The molecule has 0 spiro atoms. The van der Waals surface area contributed by atoms with E-state index in [1.807, 2.05) is 29.5 Å². The lowest BCUT2D eigenvalue weighted by Crippen LogP contribution is -2.01. The van der Waals surface area contributed by atoms with E-state index < -0.39 is 0 Å². The molecule has 0 N–H and O–H groups in total. The van der Waals surface area contributed by atoms with E-state index in [9.17, 15) is 0 Å². The highest BCUT2D eigenvalue weighted by Gasteiger charge is 2.16. The molecule has 258 valence electrons. The van der Waals surface area contributed by atoms with Crippen molar-refractivity contribution in [2.45, 2.75) is 0 Å². The summed E-state index contributed by atoms with van der Waals surface area (Å²) in [7, 11) is 0. The maximum absolute atomic E-state index is 5.20. The van der Waals surface area contributed by atoms with Crippen molar-refractivity contribution in [1.29, 1.82) is 0 Å². The molecule has 2 heterocycles. The molecule has 10 aromatic rings. The first-order chi connectivity index (χ1) is 27.2. The van der Waals surface area contributed by atoms with Crippen LogP contribution in [0.4, 0.5) is 0 Å². The van der Waals surface area contributed by atoms with Gasteiger partial charge in [0.25, 0.3) is 0 Å². The summed E-state index contributed by atoms with van der Waals surface area (Å²) in [5.41, 5.74) is 11.9. The fourth-order valence-corrected chi connectivity index (χ4v) is 8.45. The number of benzene rings is 8. The van der Waals surface area contributed by atoms with E-state index in [1.54, 1.807) is 0 Å². The molecular weight excluding hydrogens is 687 g/mol. The van der Waals surface area contributed by atoms with Crippen LogP contribution in [0, 0.1) is 0 Å². The van der Waals surface area contributed by atoms with Gasteiger partial charge in [0, 0.05) is 36.9 Å². The minimum absolute atomic E-state index is 0.624. The highest BCUT2D eigenvalue weighted by Crippen LogP contribution is 2.37. The maximum atomic E-state index is 5.20. The van der Waals surface area contributed by atoms with Gasteiger partial charge in [-0.25, -0.2) is 15.0 Å². The molecule has 0 saturated heterocycles. The van der Waals surface area contributed by atoms with Crippen LogP contribution in [0.15, 0.2) is 200 Å². The lowest BCUT2D eigenvalue weighted by Gasteiger charge is -2.13. The van der Waals surface area contributed by atoms with Gasteiger partial charge in [0.2, 0.25) is 0 Å². The SMILES string of the molecule is c1ccc(-c2cccc(-c3nc(-c4ccc(-c5ccc6c(c5)sc5ccccc56)cc4)nc(-c4cc(-c5ccccc5)cc(-c5ccccc5)c4)n3)c2)cc1. The summed E-state index contributed by atoms with van der Waals surface area (Å²) in [6, 6.07) is 70.5. The third-order valence-electron chi connectivity index (χ3n) is 10.1. The normalized spacial score (nSPS) is 11.3. The van der Waals surface area contributed by atoms with Crippen molar-refractivity contribution >= 4 is 31.5 Å². The predicted octanol–water partition coefficient (Wildman–Crippen LogP) is 13.9. The Bertz CT molecular complexity index is 2900. The summed E-state index contributed by atoms with van der Waals surface area (Å²) in [6.45, 7) is 0. The van der Waals surface area contributed by atoms with E-state index in [-0.39, 0.29) is 0 Å². The summed E-state index contributed by atoms with van der Waals surface area (Å²) < 4.78 is 2.60. The molecule has 55 heavy (non-hydrogen) atoms. The van der Waals surface area contributed by atoms with Crippen molar-refractivity contribution in [2.24, 2.45) is 0 Å². The average molecular weight is 720 g/mol. The molecule has 4 heteroatoms. The Morgan fingerprint density at radius 2 is 0.636 bits per heavy atom. The van der Waals surface area contributed by atoms with Crippen molar-refractivity contribution in [2.75, 3.05) is 0 Å². The van der Waals surface area contributed by atoms with Crippen molar-refractivity contribution in [3.05, 3.63) is 200 Å². The maximum Gasteiger partial charge on any atom is 0.164 e. The summed E-state index contributed by atoms with van der Waals surface area (Å²) >= 11 is 1.84. The third kappa shape index (κ3) is 6.50. The van der Waals surface area contributed by atoms with Gasteiger partial charge in [-0.15, -0.1) is 11.3 Å². The van der Waals surface area contributed by atoms with Crippen LogP contribution in [0.25, 0.3) is 98.8 Å². The van der Waals surface area contributed by atoms with Crippen molar-refractivity contribution in [3.8, 4) is 78.7 Å². The number of thiophene rings is 1. The Hall–Kier alpha value is -7.01. The molecule has 0 bridgehead atoms. The summed E-state index contributed by atoms with van der Waals surface area (Å²) in [5, 5.41) is 2.61. The topological polar surface area (TPSA) is 38.7 Å². The average Bonchev–Trinajstić information content (AvgIpc) is 3.65. The molecule has 0 fully saturated rings.